The molecule has 14 heteroatoms. The van der Waals surface area contributed by atoms with E-state index in [0.717, 1.165) is 44.6 Å². The molecule has 10 nitrogen and oxygen atoms in total. The maximum Gasteiger partial charge on any atom is 0.490 e. The van der Waals surface area contributed by atoms with Crippen LogP contribution in [0.3, 0.4) is 0 Å². The number of alkyl halides is 3. The van der Waals surface area contributed by atoms with Crippen LogP contribution in [0.15, 0.2) is 41.4 Å². The number of halogens is 3. The maximum atomic E-state index is 12.8. The lowest BCUT2D eigenvalue weighted by atomic mass is 9.99. The van der Waals surface area contributed by atoms with Crippen molar-refractivity contribution in [2.45, 2.75) is 69.0 Å². The molecule has 1 aromatic heterocycles. The Hall–Kier alpha value is -3.39. The number of sulfonamides is 1. The summed E-state index contributed by atoms with van der Waals surface area (Å²) in [5.41, 5.74) is 1.19. The molecule has 2 aromatic rings. The Labute approximate surface area is 237 Å². The van der Waals surface area contributed by atoms with Gasteiger partial charge in [-0.05, 0) is 68.5 Å². The van der Waals surface area contributed by atoms with Gasteiger partial charge < -0.3 is 20.0 Å². The third-order valence-corrected chi connectivity index (χ3v) is 8.52. The third kappa shape index (κ3) is 8.80. The summed E-state index contributed by atoms with van der Waals surface area (Å²) < 4.78 is 59.9. The highest BCUT2D eigenvalue weighted by atomic mass is 32.2. The molecule has 0 unspecified atom stereocenters. The molecule has 0 saturated carbocycles. The molecule has 3 heterocycles. The maximum absolute atomic E-state index is 12.8. The highest BCUT2D eigenvalue weighted by molar-refractivity contribution is 7.92. The number of hydrogen-bond donors (Lipinski definition) is 3. The summed E-state index contributed by atoms with van der Waals surface area (Å²) in [4.78, 5) is 30.0. The number of carbonyl (C=O) groups is 2. The molecule has 0 radical (unpaired) electrons. The quantitative estimate of drug-likeness (QED) is 0.409. The first-order valence-corrected chi connectivity index (χ1v) is 14.8. The molecule has 41 heavy (non-hydrogen) atoms. The molecule has 4 rings (SSSR count). The lowest BCUT2D eigenvalue weighted by Gasteiger charge is -2.40. The van der Waals surface area contributed by atoms with Crippen molar-refractivity contribution in [1.82, 2.24) is 9.88 Å². The standard InChI is InChI=1S/C25H34N4O4S.C2HF3O2/c1-18(2)19-6-8-22(9-7-19)34(32,33)27-20-16-23(25(30)31)24(26-17-20)29-14-10-21(11-15-29)28-12-4-3-5-13-28;3-2(4,5)1(6)7/h6-9,16-18,21,27H,3-5,10-15H2,1-2H3,(H,30,31);(H,6,7). The van der Waals surface area contributed by atoms with E-state index < -0.39 is 28.1 Å². The number of aromatic nitrogens is 1. The summed E-state index contributed by atoms with van der Waals surface area (Å²) in [7, 11) is -3.86. The Morgan fingerprint density at radius 3 is 2.05 bits per heavy atom. The van der Waals surface area contributed by atoms with Crippen molar-refractivity contribution in [3.8, 4) is 0 Å². The number of aromatic carboxylic acids is 1. The predicted molar refractivity (Wildman–Crippen MR) is 147 cm³/mol. The molecule has 0 amide bonds. The minimum Gasteiger partial charge on any atom is -0.478 e. The molecule has 2 saturated heterocycles. The van der Waals surface area contributed by atoms with Gasteiger partial charge in [0.05, 0.1) is 16.8 Å². The van der Waals surface area contributed by atoms with Gasteiger partial charge in [-0.1, -0.05) is 32.4 Å². The normalized spacial score (nSPS) is 17.1. The molecule has 0 atom stereocenters. The van der Waals surface area contributed by atoms with Crippen LogP contribution in [0.2, 0.25) is 0 Å². The molecule has 2 aliphatic rings. The second-order valence-electron chi connectivity index (χ2n) is 10.3. The van der Waals surface area contributed by atoms with Gasteiger partial charge in [-0.15, -0.1) is 0 Å². The number of rotatable bonds is 7. The molecule has 0 aliphatic carbocycles. The summed E-state index contributed by atoms with van der Waals surface area (Å²) >= 11 is 0. The second-order valence-corrected chi connectivity index (χ2v) is 12.0. The first-order valence-electron chi connectivity index (χ1n) is 13.3. The fraction of sp³-hybridized carbons (Fsp3) is 0.519. The van der Waals surface area contributed by atoms with Crippen LogP contribution in [-0.4, -0.2) is 78.9 Å². The molecule has 0 spiro atoms. The fourth-order valence-corrected chi connectivity index (χ4v) is 5.93. The number of piperidine rings is 2. The van der Waals surface area contributed by atoms with E-state index in [1.165, 1.54) is 31.5 Å². The SMILES string of the molecule is CC(C)c1ccc(S(=O)(=O)Nc2cnc(N3CCC(N4CCCCC4)CC3)c(C(=O)O)c2)cc1.O=C(O)C(F)(F)F. The number of carboxylic acid groups (broad SMARTS) is 2. The van der Waals surface area contributed by atoms with Gasteiger partial charge in [0.1, 0.15) is 11.4 Å². The average molecular weight is 601 g/mol. The van der Waals surface area contributed by atoms with Gasteiger partial charge in [-0.3, -0.25) is 4.72 Å². The van der Waals surface area contributed by atoms with E-state index in [1.54, 1.807) is 24.3 Å². The van der Waals surface area contributed by atoms with Crippen molar-refractivity contribution in [2.24, 2.45) is 0 Å². The molecule has 0 bridgehead atoms. The van der Waals surface area contributed by atoms with Crippen molar-refractivity contribution < 1.29 is 41.4 Å². The Morgan fingerprint density at radius 2 is 1.56 bits per heavy atom. The van der Waals surface area contributed by atoms with Crippen LogP contribution in [-0.2, 0) is 14.8 Å². The highest BCUT2D eigenvalue weighted by Gasteiger charge is 2.38. The lowest BCUT2D eigenvalue weighted by molar-refractivity contribution is -0.192. The van der Waals surface area contributed by atoms with E-state index in [4.69, 9.17) is 9.90 Å². The number of likely N-dealkylation sites (tertiary alicyclic amines) is 1. The van der Waals surface area contributed by atoms with Gasteiger partial charge in [0.25, 0.3) is 10.0 Å². The van der Waals surface area contributed by atoms with Gasteiger partial charge >= 0.3 is 18.1 Å². The Morgan fingerprint density at radius 1 is 1.00 bits per heavy atom. The molecule has 226 valence electrons. The smallest absolute Gasteiger partial charge is 0.478 e. The number of carboxylic acids is 2. The molecule has 2 fully saturated rings. The van der Waals surface area contributed by atoms with Gasteiger partial charge in [0.2, 0.25) is 0 Å². The van der Waals surface area contributed by atoms with Crippen LogP contribution in [0.1, 0.15) is 67.8 Å². The molecule has 2 aliphatic heterocycles. The number of pyridine rings is 1. The number of anilines is 2. The first kappa shape index (κ1) is 32.1. The number of nitrogens with zero attached hydrogens (tertiary/aromatic N) is 3. The van der Waals surface area contributed by atoms with Crippen molar-refractivity contribution in [2.75, 3.05) is 35.8 Å². The van der Waals surface area contributed by atoms with Crippen LogP contribution >= 0.6 is 0 Å². The van der Waals surface area contributed by atoms with Crippen molar-refractivity contribution in [3.63, 3.8) is 0 Å². The number of benzene rings is 1. The monoisotopic (exact) mass is 600 g/mol. The van der Waals surface area contributed by atoms with Crippen molar-refractivity contribution in [1.29, 1.82) is 0 Å². The minimum absolute atomic E-state index is 0.00628. The highest BCUT2D eigenvalue weighted by Crippen LogP contribution is 2.28. The van der Waals surface area contributed by atoms with E-state index >= 15 is 0 Å². The number of hydrogen-bond acceptors (Lipinski definition) is 7. The molecular weight excluding hydrogens is 565 g/mol. The first-order chi connectivity index (χ1) is 19.2. The van der Waals surface area contributed by atoms with Crippen LogP contribution in [0, 0.1) is 0 Å². The van der Waals surface area contributed by atoms with E-state index in [-0.39, 0.29) is 16.1 Å². The number of nitrogens with one attached hydrogen (secondary N) is 1. The van der Waals surface area contributed by atoms with Crippen LogP contribution < -0.4 is 9.62 Å². The summed E-state index contributed by atoms with van der Waals surface area (Å²) in [5.74, 6) is -3.19. The van der Waals surface area contributed by atoms with Crippen LogP contribution in [0.25, 0.3) is 0 Å². The summed E-state index contributed by atoms with van der Waals surface area (Å²) in [6, 6.07) is 8.60. The minimum atomic E-state index is -5.08. The predicted octanol–water partition coefficient (Wildman–Crippen LogP) is 4.79. The Balaban J connectivity index is 0.000000587. The zero-order valence-electron chi connectivity index (χ0n) is 22.9. The van der Waals surface area contributed by atoms with Crippen LogP contribution in [0.5, 0.6) is 0 Å². The summed E-state index contributed by atoms with van der Waals surface area (Å²) in [5, 5.41) is 16.9. The average Bonchev–Trinajstić information content (AvgIpc) is 2.93. The van der Waals surface area contributed by atoms with Crippen LogP contribution in [0.4, 0.5) is 24.7 Å². The second kappa shape index (κ2) is 13.5. The van der Waals surface area contributed by atoms with E-state index in [2.05, 4.69) is 14.6 Å². The summed E-state index contributed by atoms with van der Waals surface area (Å²) in [6.07, 6.45) is 2.08. The lowest BCUT2D eigenvalue weighted by Crippen LogP contribution is -2.47. The molecular formula is C27H35F3N4O6S. The third-order valence-electron chi connectivity index (χ3n) is 7.12. The van der Waals surface area contributed by atoms with Gasteiger partial charge in [0.15, 0.2) is 0 Å². The Bertz CT molecular complexity index is 1310. The van der Waals surface area contributed by atoms with Gasteiger partial charge in [0, 0.05) is 19.1 Å². The van der Waals surface area contributed by atoms with E-state index in [1.807, 2.05) is 18.7 Å². The Kier molecular flexibility index (Phi) is 10.6. The summed E-state index contributed by atoms with van der Waals surface area (Å²) in [6.45, 7) is 7.86. The largest absolute Gasteiger partial charge is 0.490 e. The number of aliphatic carboxylic acids is 1. The van der Waals surface area contributed by atoms with Gasteiger partial charge in [-0.25, -0.2) is 23.0 Å². The molecule has 3 N–H and O–H groups in total. The fourth-order valence-electron chi connectivity index (χ4n) is 4.90. The van der Waals surface area contributed by atoms with E-state index in [9.17, 15) is 31.5 Å². The zero-order valence-corrected chi connectivity index (χ0v) is 23.7. The topological polar surface area (TPSA) is 140 Å². The van der Waals surface area contributed by atoms with Crippen molar-refractivity contribution in [3.05, 3.63) is 47.7 Å². The molecule has 1 aromatic carbocycles. The van der Waals surface area contributed by atoms with Crippen molar-refractivity contribution >= 4 is 33.5 Å². The van der Waals surface area contributed by atoms with E-state index in [0.29, 0.717) is 17.8 Å². The zero-order chi connectivity index (χ0) is 30.4. The van der Waals surface area contributed by atoms with Gasteiger partial charge in [-0.2, -0.15) is 13.2 Å².